The lowest BCUT2D eigenvalue weighted by Gasteiger charge is -2.04. The first-order valence-corrected chi connectivity index (χ1v) is 6.78. The van der Waals surface area contributed by atoms with Gasteiger partial charge in [0.15, 0.2) is 11.6 Å². The Hall–Kier alpha value is -1.20. The molecule has 0 aliphatic rings. The first kappa shape index (κ1) is 13.2. The summed E-state index contributed by atoms with van der Waals surface area (Å²) in [5.41, 5.74) is 0.419. The SMILES string of the molecule is COc1cc(C(=O)c2cc(Br)c(C)s2)ccc1F. The van der Waals surface area contributed by atoms with Crippen molar-refractivity contribution in [2.45, 2.75) is 6.92 Å². The van der Waals surface area contributed by atoms with Crippen LogP contribution in [0.5, 0.6) is 5.75 Å². The second-order valence-corrected chi connectivity index (χ2v) is 5.80. The summed E-state index contributed by atoms with van der Waals surface area (Å²) in [5.74, 6) is -0.530. The van der Waals surface area contributed by atoms with Gasteiger partial charge in [0.05, 0.1) is 12.0 Å². The highest BCUT2D eigenvalue weighted by molar-refractivity contribution is 9.10. The van der Waals surface area contributed by atoms with Crippen LogP contribution in [0.1, 0.15) is 20.1 Å². The summed E-state index contributed by atoms with van der Waals surface area (Å²) in [4.78, 5) is 13.9. The first-order valence-electron chi connectivity index (χ1n) is 5.17. The van der Waals surface area contributed by atoms with Gasteiger partial charge >= 0.3 is 0 Å². The lowest BCUT2D eigenvalue weighted by atomic mass is 10.1. The summed E-state index contributed by atoms with van der Waals surface area (Å²) < 4.78 is 19.0. The molecule has 0 aliphatic heterocycles. The number of ether oxygens (including phenoxy) is 1. The number of hydrogen-bond donors (Lipinski definition) is 0. The number of hydrogen-bond acceptors (Lipinski definition) is 3. The van der Waals surface area contributed by atoms with E-state index in [0.29, 0.717) is 10.4 Å². The predicted octanol–water partition coefficient (Wildman–Crippen LogP) is 4.20. The second kappa shape index (κ2) is 5.20. The third-order valence-corrected chi connectivity index (χ3v) is 4.63. The molecule has 1 heterocycles. The molecule has 1 aromatic carbocycles. The van der Waals surface area contributed by atoms with Gasteiger partial charge in [0.2, 0.25) is 5.78 Å². The number of ketones is 1. The van der Waals surface area contributed by atoms with Crippen LogP contribution in [-0.4, -0.2) is 12.9 Å². The van der Waals surface area contributed by atoms with Crippen molar-refractivity contribution in [2.75, 3.05) is 7.11 Å². The zero-order chi connectivity index (χ0) is 13.3. The smallest absolute Gasteiger partial charge is 0.203 e. The van der Waals surface area contributed by atoms with Crippen LogP contribution in [0.25, 0.3) is 0 Å². The molecule has 0 aliphatic carbocycles. The lowest BCUT2D eigenvalue weighted by Crippen LogP contribution is -2.00. The Labute approximate surface area is 117 Å². The molecule has 0 N–H and O–H groups in total. The summed E-state index contributed by atoms with van der Waals surface area (Å²) in [6.07, 6.45) is 0. The number of carbonyl (C=O) groups is 1. The molecule has 0 bridgehead atoms. The van der Waals surface area contributed by atoms with Crippen molar-refractivity contribution in [1.82, 2.24) is 0 Å². The molecular weight excluding hydrogens is 319 g/mol. The molecule has 0 spiro atoms. The highest BCUT2D eigenvalue weighted by atomic mass is 79.9. The molecule has 1 aromatic heterocycles. The van der Waals surface area contributed by atoms with E-state index in [-0.39, 0.29) is 11.5 Å². The molecular formula is C13H10BrFO2S. The van der Waals surface area contributed by atoms with E-state index in [1.807, 2.05) is 6.92 Å². The molecule has 0 radical (unpaired) electrons. The van der Waals surface area contributed by atoms with Crippen LogP contribution in [0.4, 0.5) is 4.39 Å². The van der Waals surface area contributed by atoms with Crippen molar-refractivity contribution < 1.29 is 13.9 Å². The number of aryl methyl sites for hydroxylation is 1. The number of benzene rings is 1. The van der Waals surface area contributed by atoms with Crippen LogP contribution in [0.3, 0.4) is 0 Å². The molecule has 2 rings (SSSR count). The van der Waals surface area contributed by atoms with Crippen LogP contribution in [0, 0.1) is 12.7 Å². The van der Waals surface area contributed by atoms with E-state index in [2.05, 4.69) is 15.9 Å². The van der Waals surface area contributed by atoms with Crippen molar-refractivity contribution in [3.8, 4) is 5.75 Å². The Morgan fingerprint density at radius 1 is 1.39 bits per heavy atom. The van der Waals surface area contributed by atoms with Crippen LogP contribution >= 0.6 is 27.3 Å². The fraction of sp³-hybridized carbons (Fsp3) is 0.154. The molecule has 0 unspecified atom stereocenters. The normalized spacial score (nSPS) is 10.4. The number of carbonyl (C=O) groups excluding carboxylic acids is 1. The van der Waals surface area contributed by atoms with Gasteiger partial charge in [0, 0.05) is 14.9 Å². The Bertz CT molecular complexity index is 588. The third kappa shape index (κ3) is 2.47. The van der Waals surface area contributed by atoms with Crippen molar-refractivity contribution in [3.05, 3.63) is 49.9 Å². The maximum atomic E-state index is 13.3. The standard InChI is InChI=1S/C13H10BrFO2S/c1-7-9(14)6-12(18-7)13(16)8-3-4-10(15)11(5-8)17-2/h3-6H,1-2H3. The molecule has 0 saturated carbocycles. The van der Waals surface area contributed by atoms with Gasteiger partial charge in [-0.05, 0) is 47.1 Å². The van der Waals surface area contributed by atoms with Gasteiger partial charge in [-0.1, -0.05) is 0 Å². The number of halogens is 2. The maximum absolute atomic E-state index is 13.3. The number of thiophene rings is 1. The molecule has 2 aromatic rings. The van der Waals surface area contributed by atoms with Crippen LogP contribution in [0.15, 0.2) is 28.7 Å². The van der Waals surface area contributed by atoms with Gasteiger partial charge in [-0.3, -0.25) is 4.79 Å². The van der Waals surface area contributed by atoms with E-state index in [9.17, 15) is 9.18 Å². The minimum atomic E-state index is -0.474. The van der Waals surface area contributed by atoms with E-state index in [4.69, 9.17) is 4.74 Å². The fourth-order valence-corrected chi connectivity index (χ4v) is 3.01. The summed E-state index contributed by atoms with van der Waals surface area (Å²) in [5, 5.41) is 0. The first-order chi connectivity index (χ1) is 8.52. The van der Waals surface area contributed by atoms with E-state index >= 15 is 0 Å². The Balaban J connectivity index is 2.39. The highest BCUT2D eigenvalue weighted by Crippen LogP contribution is 2.29. The van der Waals surface area contributed by atoms with Crippen LogP contribution in [-0.2, 0) is 0 Å². The van der Waals surface area contributed by atoms with E-state index < -0.39 is 5.82 Å². The maximum Gasteiger partial charge on any atom is 0.203 e. The minimum absolute atomic E-state index is 0.0770. The van der Waals surface area contributed by atoms with E-state index in [0.717, 1.165) is 9.35 Å². The van der Waals surface area contributed by atoms with Crippen molar-refractivity contribution in [3.63, 3.8) is 0 Å². The average Bonchev–Trinajstić information content (AvgIpc) is 2.69. The topological polar surface area (TPSA) is 26.3 Å². The third-order valence-electron chi connectivity index (χ3n) is 2.49. The molecule has 18 heavy (non-hydrogen) atoms. The average molecular weight is 329 g/mol. The second-order valence-electron chi connectivity index (χ2n) is 3.69. The summed E-state index contributed by atoms with van der Waals surface area (Å²) >= 11 is 4.77. The largest absolute Gasteiger partial charge is 0.494 e. The fourth-order valence-electron chi connectivity index (χ4n) is 1.52. The van der Waals surface area contributed by atoms with Gasteiger partial charge < -0.3 is 4.74 Å². The summed E-state index contributed by atoms with van der Waals surface area (Å²) in [7, 11) is 1.37. The Kier molecular flexibility index (Phi) is 3.82. The molecule has 2 nitrogen and oxygen atoms in total. The molecule has 0 fully saturated rings. The number of methoxy groups -OCH3 is 1. The number of rotatable bonds is 3. The highest BCUT2D eigenvalue weighted by Gasteiger charge is 2.15. The quantitative estimate of drug-likeness (QED) is 0.789. The van der Waals surface area contributed by atoms with Gasteiger partial charge in [-0.25, -0.2) is 4.39 Å². The lowest BCUT2D eigenvalue weighted by molar-refractivity contribution is 0.104. The van der Waals surface area contributed by atoms with E-state index in [1.165, 1.54) is 36.6 Å². The Morgan fingerprint density at radius 3 is 2.67 bits per heavy atom. The molecule has 5 heteroatoms. The Morgan fingerprint density at radius 2 is 2.11 bits per heavy atom. The molecule has 0 amide bonds. The van der Waals surface area contributed by atoms with E-state index in [1.54, 1.807) is 6.07 Å². The van der Waals surface area contributed by atoms with Crippen molar-refractivity contribution in [2.24, 2.45) is 0 Å². The van der Waals surface area contributed by atoms with Gasteiger partial charge in [-0.2, -0.15) is 0 Å². The van der Waals surface area contributed by atoms with Crippen LogP contribution in [0.2, 0.25) is 0 Å². The van der Waals surface area contributed by atoms with Gasteiger partial charge in [0.25, 0.3) is 0 Å². The molecule has 0 atom stereocenters. The van der Waals surface area contributed by atoms with Crippen molar-refractivity contribution >= 4 is 33.0 Å². The monoisotopic (exact) mass is 328 g/mol. The zero-order valence-corrected chi connectivity index (χ0v) is 12.2. The zero-order valence-electron chi connectivity index (χ0n) is 9.79. The summed E-state index contributed by atoms with van der Waals surface area (Å²) in [6.45, 7) is 1.93. The summed E-state index contributed by atoms with van der Waals surface area (Å²) in [6, 6.07) is 5.89. The van der Waals surface area contributed by atoms with Gasteiger partial charge in [0.1, 0.15) is 0 Å². The van der Waals surface area contributed by atoms with Gasteiger partial charge in [-0.15, -0.1) is 11.3 Å². The molecule has 94 valence electrons. The predicted molar refractivity (Wildman–Crippen MR) is 73.1 cm³/mol. The minimum Gasteiger partial charge on any atom is -0.494 e. The van der Waals surface area contributed by atoms with Crippen molar-refractivity contribution in [1.29, 1.82) is 0 Å². The van der Waals surface area contributed by atoms with Crippen LogP contribution < -0.4 is 4.74 Å². The molecule has 0 saturated heterocycles.